The summed E-state index contributed by atoms with van der Waals surface area (Å²) in [5.74, 6) is 1.43. The van der Waals surface area contributed by atoms with Crippen LogP contribution in [0.25, 0.3) is 0 Å². The third-order valence-corrected chi connectivity index (χ3v) is 4.72. The smallest absolute Gasteiger partial charge is 0.254 e. The van der Waals surface area contributed by atoms with Crippen LogP contribution in [-0.4, -0.2) is 42.6 Å². The van der Waals surface area contributed by atoms with Gasteiger partial charge in [0.25, 0.3) is 5.91 Å². The average Bonchev–Trinajstić information content (AvgIpc) is 2.69. The Morgan fingerprint density at radius 3 is 2.73 bits per heavy atom. The van der Waals surface area contributed by atoms with Crippen LogP contribution in [0.3, 0.4) is 0 Å². The molecular weight excluding hydrogens is 328 g/mol. The number of ether oxygens (including phenoxy) is 1. The minimum absolute atomic E-state index is 0.136. The molecule has 0 unspecified atom stereocenters. The molecule has 1 aliphatic heterocycles. The lowest BCUT2D eigenvalue weighted by Gasteiger charge is -2.26. The molecule has 0 aliphatic carbocycles. The van der Waals surface area contributed by atoms with Crippen molar-refractivity contribution < 1.29 is 9.53 Å². The van der Waals surface area contributed by atoms with Crippen LogP contribution in [0.15, 0.2) is 30.5 Å². The number of methoxy groups -OCH3 is 1. The van der Waals surface area contributed by atoms with Gasteiger partial charge in [-0.05, 0) is 44.2 Å². The number of para-hydroxylation sites is 1. The van der Waals surface area contributed by atoms with E-state index < -0.39 is 0 Å². The average molecular weight is 354 g/mol. The Balaban J connectivity index is 1.59. The zero-order valence-electron chi connectivity index (χ0n) is 15.5. The third-order valence-electron chi connectivity index (χ3n) is 4.72. The molecule has 0 saturated carbocycles. The molecule has 3 rings (SSSR count). The largest absolute Gasteiger partial charge is 0.496 e. The molecule has 1 amide bonds. The van der Waals surface area contributed by atoms with Crippen molar-refractivity contribution in [3.63, 3.8) is 0 Å². The van der Waals surface area contributed by atoms with Crippen LogP contribution in [0, 0.1) is 6.92 Å². The fourth-order valence-electron chi connectivity index (χ4n) is 3.24. The van der Waals surface area contributed by atoms with Crippen molar-refractivity contribution in [2.45, 2.75) is 32.6 Å². The molecule has 2 heterocycles. The minimum atomic E-state index is -0.136. The lowest BCUT2D eigenvalue weighted by molar-refractivity contribution is 0.0952. The van der Waals surface area contributed by atoms with Crippen molar-refractivity contribution in [3.05, 3.63) is 47.3 Å². The Bertz CT molecular complexity index is 757. The molecule has 1 N–H and O–H groups in total. The first kappa shape index (κ1) is 18.2. The number of anilines is 1. The van der Waals surface area contributed by atoms with E-state index in [9.17, 15) is 4.79 Å². The summed E-state index contributed by atoms with van der Waals surface area (Å²) in [7, 11) is 1.65. The molecule has 0 spiro atoms. The monoisotopic (exact) mass is 354 g/mol. The Morgan fingerprint density at radius 1 is 1.23 bits per heavy atom. The third kappa shape index (κ3) is 4.31. The van der Waals surface area contributed by atoms with E-state index in [4.69, 9.17) is 4.74 Å². The van der Waals surface area contributed by atoms with E-state index in [-0.39, 0.29) is 5.91 Å². The zero-order valence-corrected chi connectivity index (χ0v) is 15.5. The van der Waals surface area contributed by atoms with E-state index in [0.29, 0.717) is 18.5 Å². The van der Waals surface area contributed by atoms with Crippen molar-refractivity contribution in [1.82, 2.24) is 15.3 Å². The van der Waals surface area contributed by atoms with Crippen molar-refractivity contribution in [3.8, 4) is 5.75 Å². The maximum absolute atomic E-state index is 12.5. The summed E-state index contributed by atoms with van der Waals surface area (Å²) in [5, 5.41) is 2.95. The van der Waals surface area contributed by atoms with Gasteiger partial charge in [-0.3, -0.25) is 4.79 Å². The summed E-state index contributed by atoms with van der Waals surface area (Å²) >= 11 is 0. The highest BCUT2D eigenvalue weighted by molar-refractivity contribution is 5.95. The number of nitrogens with zero attached hydrogens (tertiary/aromatic N) is 3. The zero-order chi connectivity index (χ0) is 18.4. The summed E-state index contributed by atoms with van der Waals surface area (Å²) in [4.78, 5) is 23.6. The highest BCUT2D eigenvalue weighted by atomic mass is 16.5. The standard InChI is InChI=1S/C20H26N4O2/c1-15-17(14-22-20(23-15)24-12-6-3-7-13-24)19(25)21-11-10-16-8-4-5-9-18(16)26-2/h4-5,8-9,14H,3,6-7,10-13H2,1-2H3,(H,21,25). The molecule has 26 heavy (non-hydrogen) atoms. The molecule has 0 atom stereocenters. The first-order valence-corrected chi connectivity index (χ1v) is 9.17. The topological polar surface area (TPSA) is 67.3 Å². The number of nitrogens with one attached hydrogen (secondary N) is 1. The molecule has 0 bridgehead atoms. The highest BCUT2D eigenvalue weighted by Gasteiger charge is 2.17. The molecule has 6 heteroatoms. The summed E-state index contributed by atoms with van der Waals surface area (Å²) in [6.45, 7) is 4.38. The van der Waals surface area contributed by atoms with Crippen LogP contribution < -0.4 is 15.0 Å². The second-order valence-electron chi connectivity index (χ2n) is 6.53. The molecular formula is C20H26N4O2. The van der Waals surface area contributed by atoms with E-state index >= 15 is 0 Å². The van der Waals surface area contributed by atoms with Gasteiger partial charge in [0.1, 0.15) is 5.75 Å². The van der Waals surface area contributed by atoms with Gasteiger partial charge in [-0.25, -0.2) is 9.97 Å². The first-order valence-electron chi connectivity index (χ1n) is 9.17. The predicted molar refractivity (Wildman–Crippen MR) is 102 cm³/mol. The van der Waals surface area contributed by atoms with Crippen LogP contribution in [0.2, 0.25) is 0 Å². The van der Waals surface area contributed by atoms with Gasteiger partial charge >= 0.3 is 0 Å². The quantitative estimate of drug-likeness (QED) is 0.864. The Labute approximate surface area is 154 Å². The highest BCUT2D eigenvalue weighted by Crippen LogP contribution is 2.18. The number of aromatic nitrogens is 2. The summed E-state index contributed by atoms with van der Waals surface area (Å²) in [5.41, 5.74) is 2.32. The van der Waals surface area contributed by atoms with Crippen LogP contribution >= 0.6 is 0 Å². The number of carbonyl (C=O) groups is 1. The molecule has 0 radical (unpaired) electrons. The normalized spacial score (nSPS) is 14.2. The fraction of sp³-hybridized carbons (Fsp3) is 0.450. The first-order chi connectivity index (χ1) is 12.7. The summed E-state index contributed by atoms with van der Waals surface area (Å²) in [6.07, 6.45) is 5.97. The number of hydrogen-bond donors (Lipinski definition) is 1. The Morgan fingerprint density at radius 2 is 2.00 bits per heavy atom. The van der Waals surface area contributed by atoms with Gasteiger partial charge in [0.05, 0.1) is 18.4 Å². The predicted octanol–water partition coefficient (Wildman–Crippen LogP) is 2.76. The van der Waals surface area contributed by atoms with E-state index in [2.05, 4.69) is 20.2 Å². The number of piperidine rings is 1. The minimum Gasteiger partial charge on any atom is -0.496 e. The molecule has 1 aromatic carbocycles. The van der Waals surface area contributed by atoms with Gasteiger partial charge in [-0.2, -0.15) is 0 Å². The molecule has 1 aliphatic rings. The van der Waals surface area contributed by atoms with Gasteiger partial charge in [-0.15, -0.1) is 0 Å². The second kappa shape index (κ2) is 8.65. The summed E-state index contributed by atoms with van der Waals surface area (Å²) < 4.78 is 5.34. The van der Waals surface area contributed by atoms with Gasteiger partial charge in [0.15, 0.2) is 0 Å². The van der Waals surface area contributed by atoms with E-state index in [0.717, 1.165) is 36.0 Å². The van der Waals surface area contributed by atoms with Crippen LogP contribution in [0.5, 0.6) is 5.75 Å². The summed E-state index contributed by atoms with van der Waals surface area (Å²) in [6, 6.07) is 7.84. The number of amides is 1. The van der Waals surface area contributed by atoms with Gasteiger partial charge < -0.3 is 15.0 Å². The van der Waals surface area contributed by atoms with Crippen molar-refractivity contribution in [2.75, 3.05) is 31.6 Å². The maximum atomic E-state index is 12.5. The molecule has 6 nitrogen and oxygen atoms in total. The second-order valence-corrected chi connectivity index (χ2v) is 6.53. The van der Waals surface area contributed by atoms with E-state index in [1.165, 1.54) is 19.3 Å². The van der Waals surface area contributed by atoms with Gasteiger partial charge in [0, 0.05) is 25.8 Å². The van der Waals surface area contributed by atoms with Crippen LogP contribution in [0.4, 0.5) is 5.95 Å². The fourth-order valence-corrected chi connectivity index (χ4v) is 3.24. The maximum Gasteiger partial charge on any atom is 0.254 e. The van der Waals surface area contributed by atoms with Crippen molar-refractivity contribution >= 4 is 11.9 Å². The molecule has 1 saturated heterocycles. The number of rotatable bonds is 6. The van der Waals surface area contributed by atoms with Crippen LogP contribution in [0.1, 0.15) is 40.9 Å². The molecule has 1 fully saturated rings. The number of benzene rings is 1. The molecule has 2 aromatic rings. The van der Waals surface area contributed by atoms with Crippen molar-refractivity contribution in [2.24, 2.45) is 0 Å². The van der Waals surface area contributed by atoms with Gasteiger partial charge in [0.2, 0.25) is 5.95 Å². The lowest BCUT2D eigenvalue weighted by Crippen LogP contribution is -2.32. The lowest BCUT2D eigenvalue weighted by atomic mass is 10.1. The van der Waals surface area contributed by atoms with E-state index in [1.54, 1.807) is 13.3 Å². The van der Waals surface area contributed by atoms with E-state index in [1.807, 2.05) is 31.2 Å². The number of hydrogen-bond acceptors (Lipinski definition) is 5. The van der Waals surface area contributed by atoms with Gasteiger partial charge in [-0.1, -0.05) is 18.2 Å². The number of aryl methyl sites for hydroxylation is 1. The Hall–Kier alpha value is -2.63. The Kier molecular flexibility index (Phi) is 6.04. The number of carbonyl (C=O) groups excluding carboxylic acids is 1. The van der Waals surface area contributed by atoms with Crippen LogP contribution in [-0.2, 0) is 6.42 Å². The molecule has 138 valence electrons. The molecule has 1 aromatic heterocycles. The SMILES string of the molecule is COc1ccccc1CCNC(=O)c1cnc(N2CCCCC2)nc1C. The van der Waals surface area contributed by atoms with Crippen molar-refractivity contribution in [1.29, 1.82) is 0 Å².